The Balaban J connectivity index is 0.00000176. The molecule has 4 nitrogen and oxygen atoms in total. The monoisotopic (exact) mass is 364 g/mol. The van der Waals surface area contributed by atoms with Crippen LogP contribution >= 0.6 is 23.7 Å². The summed E-state index contributed by atoms with van der Waals surface area (Å²) in [4.78, 5) is 1.07. The van der Waals surface area contributed by atoms with E-state index in [1.54, 1.807) is 4.31 Å². The molecule has 0 spiro atoms. The maximum Gasteiger partial charge on any atom is 0.252 e. The van der Waals surface area contributed by atoms with E-state index in [1.807, 2.05) is 19.9 Å². The lowest BCUT2D eigenvalue weighted by atomic mass is 9.89. The van der Waals surface area contributed by atoms with Crippen molar-refractivity contribution >= 4 is 33.8 Å². The van der Waals surface area contributed by atoms with Crippen LogP contribution in [0.15, 0.2) is 10.3 Å². The van der Waals surface area contributed by atoms with Crippen molar-refractivity contribution in [1.29, 1.82) is 0 Å². The van der Waals surface area contributed by atoms with E-state index in [1.165, 1.54) is 24.2 Å². The zero-order chi connectivity index (χ0) is 15.0. The van der Waals surface area contributed by atoms with E-state index < -0.39 is 10.0 Å². The van der Waals surface area contributed by atoms with Crippen LogP contribution in [0.4, 0.5) is 0 Å². The molecule has 1 unspecified atom stereocenters. The standard InChI is InChI=1S/C15H24N2O2S2.ClH/c1-11-10-12(2)20-15(11)21(18,19)17-8-5-13(6-9-17)14-4-3-7-16-14;/h10,13-14,16H,3-9H2,1-2H3;1H. The van der Waals surface area contributed by atoms with Crippen molar-refractivity contribution in [2.45, 2.75) is 49.8 Å². The largest absolute Gasteiger partial charge is 0.314 e. The van der Waals surface area contributed by atoms with Crippen molar-refractivity contribution in [3.05, 3.63) is 16.5 Å². The van der Waals surface area contributed by atoms with Gasteiger partial charge in [-0.15, -0.1) is 23.7 Å². The fourth-order valence-electron chi connectivity index (χ4n) is 3.63. The molecule has 1 aromatic rings. The third kappa shape index (κ3) is 3.51. The number of thiophene rings is 1. The van der Waals surface area contributed by atoms with Crippen molar-refractivity contribution < 1.29 is 8.42 Å². The summed E-state index contributed by atoms with van der Waals surface area (Å²) in [7, 11) is -3.29. The van der Waals surface area contributed by atoms with Crippen molar-refractivity contribution in [2.75, 3.05) is 19.6 Å². The highest BCUT2D eigenvalue weighted by molar-refractivity contribution is 7.91. The van der Waals surface area contributed by atoms with Crippen molar-refractivity contribution in [3.63, 3.8) is 0 Å². The lowest BCUT2D eigenvalue weighted by Gasteiger charge is -2.34. The molecule has 1 atom stereocenters. The summed E-state index contributed by atoms with van der Waals surface area (Å²) in [6.45, 7) is 6.32. The lowest BCUT2D eigenvalue weighted by Crippen LogP contribution is -2.43. The van der Waals surface area contributed by atoms with Gasteiger partial charge >= 0.3 is 0 Å². The van der Waals surface area contributed by atoms with Crippen LogP contribution in [-0.4, -0.2) is 38.4 Å². The predicted octanol–water partition coefficient (Wildman–Crippen LogP) is 2.94. The van der Waals surface area contributed by atoms with Gasteiger partial charge in [0.15, 0.2) is 0 Å². The highest BCUT2D eigenvalue weighted by Crippen LogP contribution is 2.32. The maximum absolute atomic E-state index is 12.8. The molecule has 1 aromatic heterocycles. The summed E-state index contributed by atoms with van der Waals surface area (Å²) >= 11 is 1.40. The first-order chi connectivity index (χ1) is 9.98. The molecule has 0 aromatic carbocycles. The number of aryl methyl sites for hydroxylation is 2. The minimum absolute atomic E-state index is 0. The third-order valence-electron chi connectivity index (χ3n) is 4.74. The Morgan fingerprint density at radius 2 is 1.91 bits per heavy atom. The molecule has 0 amide bonds. The van der Waals surface area contributed by atoms with Gasteiger partial charge in [-0.3, -0.25) is 0 Å². The van der Waals surface area contributed by atoms with Crippen LogP contribution in [0.5, 0.6) is 0 Å². The fraction of sp³-hybridized carbons (Fsp3) is 0.733. The van der Waals surface area contributed by atoms with E-state index in [0.29, 0.717) is 29.3 Å². The van der Waals surface area contributed by atoms with E-state index in [-0.39, 0.29) is 12.4 Å². The topological polar surface area (TPSA) is 49.4 Å². The normalized spacial score (nSPS) is 24.4. The maximum atomic E-state index is 12.8. The number of hydrogen-bond donors (Lipinski definition) is 1. The molecule has 2 saturated heterocycles. The van der Waals surface area contributed by atoms with Gasteiger partial charge in [0.1, 0.15) is 4.21 Å². The molecule has 0 aliphatic carbocycles. The molecule has 2 aliphatic rings. The van der Waals surface area contributed by atoms with Gasteiger partial charge in [-0.25, -0.2) is 8.42 Å². The second-order valence-electron chi connectivity index (χ2n) is 6.27. The van der Waals surface area contributed by atoms with Crippen LogP contribution in [-0.2, 0) is 10.0 Å². The first-order valence-corrected chi connectivity index (χ1v) is 10.0. The van der Waals surface area contributed by atoms with E-state index in [9.17, 15) is 8.42 Å². The Kier molecular flexibility index (Phi) is 5.94. The van der Waals surface area contributed by atoms with Crippen molar-refractivity contribution in [3.8, 4) is 0 Å². The molecule has 2 aliphatic heterocycles. The fourth-order valence-corrected chi connectivity index (χ4v) is 6.90. The van der Waals surface area contributed by atoms with Gasteiger partial charge in [0.05, 0.1) is 0 Å². The minimum Gasteiger partial charge on any atom is -0.314 e. The molecule has 0 radical (unpaired) electrons. The highest BCUT2D eigenvalue weighted by atomic mass is 35.5. The Morgan fingerprint density at radius 1 is 1.23 bits per heavy atom. The molecule has 1 N–H and O–H groups in total. The van der Waals surface area contributed by atoms with E-state index in [2.05, 4.69) is 5.32 Å². The van der Waals surface area contributed by atoms with Crippen LogP contribution in [0.2, 0.25) is 0 Å². The summed E-state index contributed by atoms with van der Waals surface area (Å²) in [5.74, 6) is 0.644. The summed E-state index contributed by atoms with van der Waals surface area (Å²) in [6, 6.07) is 2.58. The van der Waals surface area contributed by atoms with Crippen molar-refractivity contribution in [2.24, 2.45) is 5.92 Å². The molecule has 7 heteroatoms. The van der Waals surface area contributed by atoms with Crippen LogP contribution in [0.3, 0.4) is 0 Å². The first kappa shape index (κ1) is 18.2. The number of nitrogens with one attached hydrogen (secondary N) is 1. The van der Waals surface area contributed by atoms with Gasteiger partial charge in [0, 0.05) is 24.0 Å². The molecule has 3 rings (SSSR count). The van der Waals surface area contributed by atoms with E-state index in [0.717, 1.165) is 29.8 Å². The molecular weight excluding hydrogens is 340 g/mol. The summed E-state index contributed by atoms with van der Waals surface area (Å²) < 4.78 is 27.8. The number of piperidine rings is 1. The Hall–Kier alpha value is -0.140. The van der Waals surface area contributed by atoms with Gasteiger partial charge < -0.3 is 5.32 Å². The highest BCUT2D eigenvalue weighted by Gasteiger charge is 2.34. The minimum atomic E-state index is -3.29. The second-order valence-corrected chi connectivity index (χ2v) is 9.66. The summed E-state index contributed by atoms with van der Waals surface area (Å²) in [5.41, 5.74) is 0.886. The van der Waals surface area contributed by atoms with Gasteiger partial charge in [0.25, 0.3) is 10.0 Å². The first-order valence-electron chi connectivity index (χ1n) is 7.79. The van der Waals surface area contributed by atoms with Crippen molar-refractivity contribution in [1.82, 2.24) is 9.62 Å². The van der Waals surface area contributed by atoms with Crippen LogP contribution in [0, 0.1) is 19.8 Å². The number of halogens is 1. The Labute approximate surface area is 143 Å². The smallest absolute Gasteiger partial charge is 0.252 e. The van der Waals surface area contributed by atoms with Gasteiger partial charge in [-0.1, -0.05) is 0 Å². The quantitative estimate of drug-likeness (QED) is 0.897. The zero-order valence-electron chi connectivity index (χ0n) is 13.2. The Bertz CT molecular complexity index is 601. The number of sulfonamides is 1. The molecule has 2 fully saturated rings. The van der Waals surface area contributed by atoms with E-state index >= 15 is 0 Å². The average Bonchev–Trinajstić information content (AvgIpc) is 3.09. The lowest BCUT2D eigenvalue weighted by molar-refractivity contribution is 0.234. The number of rotatable bonds is 3. The van der Waals surface area contributed by atoms with Crippen LogP contribution < -0.4 is 5.32 Å². The van der Waals surface area contributed by atoms with Crippen LogP contribution in [0.25, 0.3) is 0 Å². The SMILES string of the molecule is Cc1cc(C)c(S(=O)(=O)N2CCC(C3CCCN3)CC2)s1.Cl. The Morgan fingerprint density at radius 3 is 2.41 bits per heavy atom. The van der Waals surface area contributed by atoms with Gasteiger partial charge in [0.2, 0.25) is 0 Å². The molecule has 126 valence electrons. The predicted molar refractivity (Wildman–Crippen MR) is 93.5 cm³/mol. The van der Waals surface area contributed by atoms with Crippen LogP contribution in [0.1, 0.15) is 36.1 Å². The second kappa shape index (κ2) is 7.18. The third-order valence-corrected chi connectivity index (χ3v) is 8.40. The average molecular weight is 365 g/mol. The molecular formula is C15H25ClN2O2S2. The molecule has 22 heavy (non-hydrogen) atoms. The van der Waals surface area contributed by atoms with Gasteiger partial charge in [-0.2, -0.15) is 4.31 Å². The van der Waals surface area contributed by atoms with Gasteiger partial charge in [-0.05, 0) is 63.6 Å². The summed E-state index contributed by atoms with van der Waals surface area (Å²) in [5, 5.41) is 3.56. The summed E-state index contributed by atoms with van der Waals surface area (Å²) in [6.07, 6.45) is 4.48. The molecule has 0 saturated carbocycles. The molecule has 0 bridgehead atoms. The zero-order valence-corrected chi connectivity index (χ0v) is 15.6. The number of hydrogen-bond acceptors (Lipinski definition) is 4. The molecule has 3 heterocycles. The number of nitrogens with zero attached hydrogens (tertiary/aromatic N) is 1. The van der Waals surface area contributed by atoms with E-state index in [4.69, 9.17) is 0 Å².